The van der Waals surface area contributed by atoms with Gasteiger partial charge in [0.2, 0.25) is 11.8 Å². The minimum atomic E-state index is -4.68. The van der Waals surface area contributed by atoms with Gasteiger partial charge in [0.1, 0.15) is 18.3 Å². The van der Waals surface area contributed by atoms with E-state index in [1.807, 2.05) is 0 Å². The predicted octanol–water partition coefficient (Wildman–Crippen LogP) is 4.92. The number of carbonyl (C=O) groups excluding carboxylic acids is 4. The maximum Gasteiger partial charge on any atom is 0.422 e. The van der Waals surface area contributed by atoms with Crippen molar-refractivity contribution in [3.8, 4) is 0 Å². The van der Waals surface area contributed by atoms with Crippen LogP contribution in [0.1, 0.15) is 94.0 Å². The molecule has 1 fully saturated rings. The highest BCUT2D eigenvalue weighted by molar-refractivity contribution is 5.96. The number of ether oxygens (including phenoxy) is 4. The molecule has 1 aliphatic carbocycles. The van der Waals surface area contributed by atoms with E-state index < -0.39 is 54.7 Å². The number of benzene rings is 1. The molecule has 49 heavy (non-hydrogen) atoms. The monoisotopic (exact) mass is 696 g/mol. The molecule has 14 heteroatoms. The summed E-state index contributed by atoms with van der Waals surface area (Å²) in [6, 6.07) is 6.08. The largest absolute Gasteiger partial charge is 0.456 e. The molecule has 3 unspecified atom stereocenters. The van der Waals surface area contributed by atoms with Crippen molar-refractivity contribution in [2.45, 2.75) is 108 Å². The lowest BCUT2D eigenvalue weighted by atomic mass is 9.91. The first-order chi connectivity index (χ1) is 23.4. The second-order valence-electron chi connectivity index (χ2n) is 12.1. The van der Waals surface area contributed by atoms with Crippen LogP contribution in [0, 0.1) is 0 Å². The number of hydrogen-bond donors (Lipinski definition) is 3. The number of amides is 2. The van der Waals surface area contributed by atoms with Crippen molar-refractivity contribution in [2.75, 3.05) is 26.3 Å². The first kappa shape index (κ1) is 39.7. The van der Waals surface area contributed by atoms with Gasteiger partial charge in [-0.25, -0.2) is 9.59 Å². The Morgan fingerprint density at radius 2 is 1.69 bits per heavy atom. The number of alkyl halides is 3. The van der Waals surface area contributed by atoms with Gasteiger partial charge in [0.05, 0.1) is 12.2 Å². The zero-order valence-corrected chi connectivity index (χ0v) is 28.0. The minimum absolute atomic E-state index is 0.00484. The van der Waals surface area contributed by atoms with E-state index in [9.17, 15) is 32.3 Å². The van der Waals surface area contributed by atoms with E-state index in [2.05, 4.69) is 29.2 Å². The molecule has 0 spiro atoms. The van der Waals surface area contributed by atoms with E-state index in [0.29, 0.717) is 12.8 Å². The first-order valence-electron chi connectivity index (χ1n) is 16.8. The topological polar surface area (TPSA) is 149 Å². The molecule has 2 aliphatic rings. The van der Waals surface area contributed by atoms with Crippen LogP contribution < -0.4 is 10.6 Å². The number of hydrogen-bond acceptors (Lipinski definition) is 9. The van der Waals surface area contributed by atoms with E-state index in [1.165, 1.54) is 12.1 Å². The fourth-order valence-electron chi connectivity index (χ4n) is 5.67. The third kappa shape index (κ3) is 12.9. The SMILES string of the molecule is CCCCCC1(CCCCC)OC2C=C(C(=O)NCCC(=O)NCCO)CC(OC(=O)c3ccccc3C=CC(=O)OCC(F)(F)F)C2O1. The molecule has 0 aromatic heterocycles. The third-order valence-corrected chi connectivity index (χ3v) is 8.08. The number of unbranched alkanes of at least 4 members (excludes halogenated alkanes) is 4. The second-order valence-corrected chi connectivity index (χ2v) is 12.1. The van der Waals surface area contributed by atoms with Gasteiger partial charge < -0.3 is 34.7 Å². The lowest BCUT2D eigenvalue weighted by Crippen LogP contribution is -2.44. The van der Waals surface area contributed by atoms with Crippen LogP contribution in [0.5, 0.6) is 0 Å². The van der Waals surface area contributed by atoms with Crippen molar-refractivity contribution < 1.29 is 56.4 Å². The minimum Gasteiger partial charge on any atom is -0.456 e. The summed E-state index contributed by atoms with van der Waals surface area (Å²) >= 11 is 0. The average Bonchev–Trinajstić information content (AvgIpc) is 3.44. The van der Waals surface area contributed by atoms with E-state index in [1.54, 1.807) is 18.2 Å². The molecule has 2 amide bonds. The molecule has 11 nitrogen and oxygen atoms in total. The molecule has 272 valence electrons. The van der Waals surface area contributed by atoms with E-state index in [-0.39, 0.29) is 55.1 Å². The van der Waals surface area contributed by atoms with Crippen LogP contribution >= 0.6 is 0 Å². The molecule has 1 aromatic rings. The van der Waals surface area contributed by atoms with Crippen LogP contribution in [-0.2, 0) is 33.3 Å². The molecule has 1 aromatic carbocycles. The zero-order valence-electron chi connectivity index (χ0n) is 28.0. The summed E-state index contributed by atoms with van der Waals surface area (Å²) in [5, 5.41) is 14.1. The molecule has 0 radical (unpaired) electrons. The van der Waals surface area contributed by atoms with Crippen LogP contribution in [0.2, 0.25) is 0 Å². The van der Waals surface area contributed by atoms with Gasteiger partial charge in [-0.2, -0.15) is 13.2 Å². The number of rotatable bonds is 19. The molecule has 1 aliphatic heterocycles. The van der Waals surface area contributed by atoms with Crippen molar-refractivity contribution in [3.05, 3.63) is 53.1 Å². The second kappa shape index (κ2) is 19.4. The van der Waals surface area contributed by atoms with Crippen LogP contribution in [0.4, 0.5) is 13.2 Å². The normalized spacial score (nSPS) is 20.0. The zero-order chi connectivity index (χ0) is 35.9. The Balaban J connectivity index is 1.83. The molecular weight excluding hydrogens is 649 g/mol. The van der Waals surface area contributed by atoms with E-state index in [0.717, 1.165) is 50.7 Å². The maximum atomic E-state index is 13.6. The van der Waals surface area contributed by atoms with Gasteiger partial charge in [-0.15, -0.1) is 0 Å². The number of halogens is 3. The van der Waals surface area contributed by atoms with Gasteiger partial charge in [-0.05, 0) is 36.6 Å². The van der Waals surface area contributed by atoms with Gasteiger partial charge in [0.25, 0.3) is 0 Å². The Morgan fingerprint density at radius 1 is 1.00 bits per heavy atom. The van der Waals surface area contributed by atoms with Crippen LogP contribution in [0.3, 0.4) is 0 Å². The Hall–Kier alpha value is -3.75. The van der Waals surface area contributed by atoms with Gasteiger partial charge >= 0.3 is 18.1 Å². The van der Waals surface area contributed by atoms with Gasteiger partial charge in [-0.1, -0.05) is 57.7 Å². The Kier molecular flexibility index (Phi) is 15.7. The summed E-state index contributed by atoms with van der Waals surface area (Å²) in [6.07, 6.45) is 3.42. The van der Waals surface area contributed by atoms with Crippen molar-refractivity contribution in [2.24, 2.45) is 0 Å². The summed E-state index contributed by atoms with van der Waals surface area (Å²) in [7, 11) is 0. The summed E-state index contributed by atoms with van der Waals surface area (Å²) in [6.45, 7) is 2.38. The quantitative estimate of drug-likeness (QED) is 0.104. The molecule has 3 atom stereocenters. The maximum absolute atomic E-state index is 13.6. The van der Waals surface area contributed by atoms with Crippen LogP contribution in [0.15, 0.2) is 42.0 Å². The molecule has 1 heterocycles. The summed E-state index contributed by atoms with van der Waals surface area (Å²) in [5.74, 6) is -3.77. The standard InChI is InChI=1S/C35H47F3N2O9/c1-3-5-9-16-34(17-10-6-4-2)48-28-22-25(32(44)40-18-15-29(42)39-19-20-41)21-27(31(28)49-34)47-33(45)26-12-8-7-11-24(26)13-14-30(43)46-23-35(36,37)38/h7-8,11-14,22,27-28,31,41H,3-6,9-10,15-21,23H2,1-2H3,(H,39,42)(H,40,44). The lowest BCUT2D eigenvalue weighted by Gasteiger charge is -2.31. The number of nitrogens with one attached hydrogen (secondary N) is 2. The highest BCUT2D eigenvalue weighted by Crippen LogP contribution is 2.43. The number of aliphatic hydroxyl groups is 1. The summed E-state index contributed by atoms with van der Waals surface area (Å²) in [5.41, 5.74) is 0.523. The molecule has 3 rings (SSSR count). The number of fused-ring (bicyclic) bond motifs is 1. The molecular formula is C35H47F3N2O9. The number of aliphatic hydroxyl groups excluding tert-OH is 1. The fraction of sp³-hybridized carbons (Fsp3) is 0.600. The first-order valence-corrected chi connectivity index (χ1v) is 16.8. The lowest BCUT2D eigenvalue weighted by molar-refractivity contribution is -0.190. The molecule has 0 saturated carbocycles. The van der Waals surface area contributed by atoms with E-state index >= 15 is 0 Å². The van der Waals surface area contributed by atoms with Crippen LogP contribution in [-0.4, -0.2) is 85.4 Å². The Bertz CT molecular complexity index is 1320. The van der Waals surface area contributed by atoms with Crippen molar-refractivity contribution in [3.63, 3.8) is 0 Å². The Morgan fingerprint density at radius 3 is 2.35 bits per heavy atom. The van der Waals surface area contributed by atoms with E-state index in [4.69, 9.17) is 19.3 Å². The predicted molar refractivity (Wildman–Crippen MR) is 173 cm³/mol. The van der Waals surface area contributed by atoms with Crippen LogP contribution in [0.25, 0.3) is 6.08 Å². The molecule has 1 saturated heterocycles. The fourth-order valence-corrected chi connectivity index (χ4v) is 5.67. The Labute approximate surface area is 284 Å². The van der Waals surface area contributed by atoms with Crippen molar-refractivity contribution in [1.82, 2.24) is 10.6 Å². The van der Waals surface area contributed by atoms with Crippen molar-refractivity contribution in [1.29, 1.82) is 0 Å². The summed E-state index contributed by atoms with van der Waals surface area (Å²) in [4.78, 5) is 50.7. The third-order valence-electron chi connectivity index (χ3n) is 8.08. The average molecular weight is 697 g/mol. The smallest absolute Gasteiger partial charge is 0.422 e. The van der Waals surface area contributed by atoms with Crippen molar-refractivity contribution >= 4 is 29.8 Å². The summed E-state index contributed by atoms with van der Waals surface area (Å²) < 4.78 is 60.7. The van der Waals surface area contributed by atoms with Gasteiger partial charge in [0, 0.05) is 50.4 Å². The number of esters is 2. The molecule has 3 N–H and O–H groups in total. The van der Waals surface area contributed by atoms with Gasteiger partial charge in [0.15, 0.2) is 12.4 Å². The highest BCUT2D eigenvalue weighted by Gasteiger charge is 2.52. The highest BCUT2D eigenvalue weighted by atomic mass is 19.4. The molecule has 0 bridgehead atoms. The van der Waals surface area contributed by atoms with Gasteiger partial charge in [-0.3, -0.25) is 9.59 Å². The number of carbonyl (C=O) groups is 4.